The van der Waals surface area contributed by atoms with E-state index >= 15 is 0 Å². The average molecular weight is 364 g/mol. The van der Waals surface area contributed by atoms with E-state index in [4.69, 9.17) is 4.74 Å². The Labute approximate surface area is 159 Å². The molecule has 3 aromatic rings. The molecule has 140 valence electrons. The summed E-state index contributed by atoms with van der Waals surface area (Å²) < 4.78 is 5.25. The highest BCUT2D eigenvalue weighted by molar-refractivity contribution is 5.93. The number of pyridine rings is 1. The topological polar surface area (TPSA) is 71.1 Å². The van der Waals surface area contributed by atoms with Gasteiger partial charge in [0.05, 0.1) is 12.8 Å². The molecule has 1 unspecified atom stereocenters. The smallest absolute Gasteiger partial charge is 0.271 e. The fourth-order valence-corrected chi connectivity index (χ4v) is 2.90. The monoisotopic (exact) mass is 364 g/mol. The summed E-state index contributed by atoms with van der Waals surface area (Å²) in [5.41, 5.74) is 4.20. The molecule has 1 amide bonds. The van der Waals surface area contributed by atoms with Gasteiger partial charge in [-0.2, -0.15) is 5.10 Å². The zero-order valence-electron chi connectivity index (χ0n) is 16.1. The highest BCUT2D eigenvalue weighted by Crippen LogP contribution is 2.23. The van der Waals surface area contributed by atoms with E-state index in [1.54, 1.807) is 31.3 Å². The summed E-state index contributed by atoms with van der Waals surface area (Å²) in [6.45, 7) is 4.05. The Morgan fingerprint density at radius 3 is 2.81 bits per heavy atom. The first-order valence-electron chi connectivity index (χ1n) is 8.87. The summed E-state index contributed by atoms with van der Waals surface area (Å²) >= 11 is 0. The Bertz CT molecular complexity index is 935. The number of nitrogens with zero attached hydrogens (tertiary/aromatic N) is 3. The van der Waals surface area contributed by atoms with E-state index in [2.05, 4.69) is 15.2 Å². The van der Waals surface area contributed by atoms with Crippen LogP contribution in [0.15, 0.2) is 48.7 Å². The molecule has 1 aromatic carbocycles. The summed E-state index contributed by atoms with van der Waals surface area (Å²) in [7, 11) is 3.43. The van der Waals surface area contributed by atoms with Gasteiger partial charge in [-0.05, 0) is 43.7 Å². The van der Waals surface area contributed by atoms with E-state index in [9.17, 15) is 4.79 Å². The number of hydrogen-bond donors (Lipinski definition) is 1. The van der Waals surface area contributed by atoms with Gasteiger partial charge in [-0.3, -0.25) is 14.9 Å². The number of aromatic amines is 1. The number of carbonyl (C=O) groups excluding carboxylic acids is 1. The van der Waals surface area contributed by atoms with Crippen LogP contribution in [-0.2, 0) is 6.42 Å². The maximum Gasteiger partial charge on any atom is 0.271 e. The molecule has 1 atom stereocenters. The number of ether oxygens (including phenoxy) is 1. The number of likely N-dealkylation sites (N-methyl/N-ethyl adjacent to an activating group) is 1. The molecule has 0 saturated heterocycles. The average Bonchev–Trinajstić information content (AvgIpc) is 3.19. The van der Waals surface area contributed by atoms with E-state index in [0.29, 0.717) is 17.8 Å². The van der Waals surface area contributed by atoms with Gasteiger partial charge in [-0.15, -0.1) is 0 Å². The van der Waals surface area contributed by atoms with Gasteiger partial charge in [0, 0.05) is 37.0 Å². The number of aromatic nitrogens is 3. The third-order valence-corrected chi connectivity index (χ3v) is 4.76. The minimum absolute atomic E-state index is 0.00895. The van der Waals surface area contributed by atoms with Crippen molar-refractivity contribution in [2.75, 3.05) is 14.2 Å². The quantitative estimate of drug-likeness (QED) is 0.727. The van der Waals surface area contributed by atoms with Crippen LogP contribution >= 0.6 is 0 Å². The normalized spacial score (nSPS) is 11.9. The van der Waals surface area contributed by atoms with E-state index in [1.807, 2.05) is 50.2 Å². The molecule has 0 saturated carbocycles. The second-order valence-corrected chi connectivity index (χ2v) is 6.64. The number of nitrogens with one attached hydrogen (secondary N) is 1. The van der Waals surface area contributed by atoms with Crippen LogP contribution in [0.5, 0.6) is 5.75 Å². The van der Waals surface area contributed by atoms with Crippen molar-refractivity contribution in [3.05, 3.63) is 65.6 Å². The van der Waals surface area contributed by atoms with E-state index in [0.717, 1.165) is 22.6 Å². The first-order valence-corrected chi connectivity index (χ1v) is 8.87. The van der Waals surface area contributed by atoms with Crippen LogP contribution in [0.4, 0.5) is 0 Å². The Hall–Kier alpha value is -3.15. The lowest BCUT2D eigenvalue weighted by Crippen LogP contribution is -2.37. The third kappa shape index (κ3) is 4.16. The third-order valence-electron chi connectivity index (χ3n) is 4.76. The predicted octanol–water partition coefficient (Wildman–Crippen LogP) is 3.49. The molecule has 0 aliphatic heterocycles. The fraction of sp³-hybridized carbons (Fsp3) is 0.286. The Morgan fingerprint density at radius 1 is 1.26 bits per heavy atom. The molecule has 2 heterocycles. The number of methoxy groups -OCH3 is 1. The molecule has 1 N–H and O–H groups in total. The van der Waals surface area contributed by atoms with Crippen LogP contribution in [-0.4, -0.2) is 46.2 Å². The zero-order valence-corrected chi connectivity index (χ0v) is 16.1. The molecule has 6 heteroatoms. The fourth-order valence-electron chi connectivity index (χ4n) is 2.90. The summed E-state index contributed by atoms with van der Waals surface area (Å²) in [5.74, 6) is 0.651. The van der Waals surface area contributed by atoms with Crippen LogP contribution in [0.25, 0.3) is 11.3 Å². The first-order chi connectivity index (χ1) is 13.0. The van der Waals surface area contributed by atoms with Gasteiger partial charge in [-0.25, -0.2) is 0 Å². The lowest BCUT2D eigenvalue weighted by atomic mass is 10.1. The van der Waals surface area contributed by atoms with Gasteiger partial charge < -0.3 is 9.64 Å². The van der Waals surface area contributed by atoms with Gasteiger partial charge in [0.25, 0.3) is 5.91 Å². The zero-order chi connectivity index (χ0) is 19.4. The lowest BCUT2D eigenvalue weighted by Gasteiger charge is -2.24. The molecule has 0 radical (unpaired) electrons. The van der Waals surface area contributed by atoms with Gasteiger partial charge in [0.15, 0.2) is 0 Å². The number of amides is 1. The molecule has 0 aliphatic rings. The molecular weight excluding hydrogens is 340 g/mol. The molecule has 2 aromatic heterocycles. The molecule has 0 spiro atoms. The molecular formula is C21H24N4O2. The Kier molecular flexibility index (Phi) is 5.54. The predicted molar refractivity (Wildman–Crippen MR) is 105 cm³/mol. The minimum atomic E-state index is -0.0993. The number of H-pyrrole nitrogens is 1. The highest BCUT2D eigenvalue weighted by atomic mass is 16.5. The van der Waals surface area contributed by atoms with Crippen LogP contribution in [0.1, 0.15) is 28.7 Å². The molecule has 0 aliphatic carbocycles. The maximum atomic E-state index is 12.8. The van der Waals surface area contributed by atoms with E-state index < -0.39 is 0 Å². The van der Waals surface area contributed by atoms with Crippen molar-refractivity contribution in [3.63, 3.8) is 0 Å². The second-order valence-electron chi connectivity index (χ2n) is 6.64. The van der Waals surface area contributed by atoms with Crippen LogP contribution < -0.4 is 4.74 Å². The first kappa shape index (κ1) is 18.6. The lowest BCUT2D eigenvalue weighted by molar-refractivity contribution is 0.0737. The number of rotatable bonds is 6. The van der Waals surface area contributed by atoms with E-state index in [1.165, 1.54) is 0 Å². The van der Waals surface area contributed by atoms with Crippen molar-refractivity contribution < 1.29 is 9.53 Å². The maximum absolute atomic E-state index is 12.8. The molecule has 27 heavy (non-hydrogen) atoms. The largest absolute Gasteiger partial charge is 0.497 e. The van der Waals surface area contributed by atoms with Crippen LogP contribution in [0.3, 0.4) is 0 Å². The van der Waals surface area contributed by atoms with Gasteiger partial charge in [0.1, 0.15) is 11.4 Å². The summed E-state index contributed by atoms with van der Waals surface area (Å²) in [4.78, 5) is 19.0. The van der Waals surface area contributed by atoms with Crippen molar-refractivity contribution in [1.29, 1.82) is 0 Å². The van der Waals surface area contributed by atoms with Gasteiger partial charge in [0.2, 0.25) is 0 Å². The second kappa shape index (κ2) is 8.03. The Balaban J connectivity index is 1.73. The van der Waals surface area contributed by atoms with Crippen LogP contribution in [0, 0.1) is 6.92 Å². The van der Waals surface area contributed by atoms with Crippen molar-refractivity contribution in [2.45, 2.75) is 26.3 Å². The van der Waals surface area contributed by atoms with Crippen molar-refractivity contribution in [3.8, 4) is 17.0 Å². The SMILES string of the molecule is COc1cccc(-c2cc(C(=O)N(C)C(C)Cc3ncccc3C)[nH]n2)c1. The molecule has 0 bridgehead atoms. The van der Waals surface area contributed by atoms with Crippen molar-refractivity contribution in [2.24, 2.45) is 0 Å². The molecule has 0 fully saturated rings. The van der Waals surface area contributed by atoms with Gasteiger partial charge >= 0.3 is 0 Å². The molecule has 3 rings (SSSR count). The summed E-state index contributed by atoms with van der Waals surface area (Å²) in [5, 5.41) is 7.14. The standard InChI is InChI=1S/C21H24N4O2/c1-14-7-6-10-22-18(14)11-15(2)25(3)21(26)20-13-19(23-24-20)16-8-5-9-17(12-16)27-4/h5-10,12-13,15H,11H2,1-4H3,(H,23,24). The minimum Gasteiger partial charge on any atom is -0.497 e. The number of benzene rings is 1. The highest BCUT2D eigenvalue weighted by Gasteiger charge is 2.21. The van der Waals surface area contributed by atoms with Crippen molar-refractivity contribution >= 4 is 5.91 Å². The summed E-state index contributed by atoms with van der Waals surface area (Å²) in [6, 6.07) is 13.3. The van der Waals surface area contributed by atoms with Gasteiger partial charge in [-0.1, -0.05) is 18.2 Å². The van der Waals surface area contributed by atoms with Crippen molar-refractivity contribution in [1.82, 2.24) is 20.1 Å². The number of carbonyl (C=O) groups is 1. The number of aryl methyl sites for hydroxylation is 1. The summed E-state index contributed by atoms with van der Waals surface area (Å²) in [6.07, 6.45) is 2.48. The Morgan fingerprint density at radius 2 is 2.07 bits per heavy atom. The van der Waals surface area contributed by atoms with E-state index in [-0.39, 0.29) is 11.9 Å². The molecule has 6 nitrogen and oxygen atoms in total. The van der Waals surface area contributed by atoms with Crippen LogP contribution in [0.2, 0.25) is 0 Å². The number of hydrogen-bond acceptors (Lipinski definition) is 4.